The maximum Gasteiger partial charge on any atom is 0.342 e. The van der Waals surface area contributed by atoms with Crippen LogP contribution in [0, 0.1) is 0 Å². The predicted octanol–water partition coefficient (Wildman–Crippen LogP) is 0.560. The Balaban J connectivity index is 0.000000810. The number of carbonyl (C=O) groups is 1. The number of allylic oxidation sites excluding steroid dienone is 2. The predicted molar refractivity (Wildman–Crippen MR) is 39.6 cm³/mol. The van der Waals surface area contributed by atoms with E-state index in [2.05, 4.69) is 0 Å². The van der Waals surface area contributed by atoms with Crippen LogP contribution in [0.3, 0.4) is 0 Å². The first-order chi connectivity index (χ1) is 4.22. The minimum Gasteiger partial charge on any atom is -0.477 e. The third-order valence-electron chi connectivity index (χ3n) is 0.877. The maximum absolute atomic E-state index is 10.2. The summed E-state index contributed by atoms with van der Waals surface area (Å²) in [7, 11) is -0.576. The van der Waals surface area contributed by atoms with E-state index >= 15 is 0 Å². The van der Waals surface area contributed by atoms with E-state index in [1.165, 1.54) is 0 Å². The van der Waals surface area contributed by atoms with Gasteiger partial charge in [-0.3, -0.25) is 0 Å². The topological polar surface area (TPSA) is 37.3 Å². The molecule has 50 valence electrons. The summed E-state index contributed by atoms with van der Waals surface area (Å²) in [6, 6.07) is 0. The van der Waals surface area contributed by atoms with Crippen molar-refractivity contribution in [3.05, 3.63) is 22.5 Å². The molecule has 1 unspecified atom stereocenters. The smallest absolute Gasteiger partial charge is 0.342 e. The molecule has 1 heterocycles. The van der Waals surface area contributed by atoms with Crippen molar-refractivity contribution in [2.24, 2.45) is 0 Å². The second-order valence-corrected chi connectivity index (χ2v) is 3.85. The van der Waals surface area contributed by atoms with Crippen molar-refractivity contribution < 1.29 is 29.4 Å². The van der Waals surface area contributed by atoms with Crippen molar-refractivity contribution in [2.75, 3.05) is 0 Å². The Morgan fingerprint density at radius 2 is 2.30 bits per heavy atom. The van der Waals surface area contributed by atoms with Gasteiger partial charge in [-0.2, -0.15) is 0 Å². The molecule has 0 spiro atoms. The average molecular weight is 226 g/mol. The zero-order chi connectivity index (χ0) is 6.85. The van der Waals surface area contributed by atoms with E-state index in [0.29, 0.717) is 4.91 Å². The van der Waals surface area contributed by atoms with Gasteiger partial charge in [0.05, 0.1) is 0 Å². The molecule has 1 aliphatic rings. The first-order valence-electron chi connectivity index (χ1n) is 2.24. The number of aliphatic carboxylic acids is 1. The molecule has 1 atom stereocenters. The Hall–Kier alpha value is 0.143. The van der Waals surface area contributed by atoms with E-state index in [-0.39, 0.29) is 19.5 Å². The van der Waals surface area contributed by atoms with Crippen molar-refractivity contribution in [3.63, 3.8) is 0 Å². The Bertz CT molecular complexity index is 232. The molecule has 0 radical (unpaired) electrons. The van der Waals surface area contributed by atoms with Gasteiger partial charge < -0.3 is 5.11 Å². The van der Waals surface area contributed by atoms with Crippen LogP contribution in [0.4, 0.5) is 0 Å². The van der Waals surface area contributed by atoms with Gasteiger partial charge in [0.2, 0.25) is 0 Å². The van der Waals surface area contributed by atoms with Crippen LogP contribution in [0.25, 0.3) is 0 Å². The fourth-order valence-electron chi connectivity index (χ4n) is 0.496. The van der Waals surface area contributed by atoms with Crippen LogP contribution in [0.2, 0.25) is 0 Å². The minimum atomic E-state index is -0.904. The Morgan fingerprint density at radius 1 is 1.70 bits per heavy atom. The largest absolute Gasteiger partial charge is 0.477 e. The third kappa shape index (κ3) is 2.08. The van der Waals surface area contributed by atoms with Crippen molar-refractivity contribution in [1.29, 1.82) is 0 Å². The molecule has 0 fully saturated rings. The van der Waals surface area contributed by atoms with Gasteiger partial charge >= 0.3 is 5.97 Å². The van der Waals surface area contributed by atoms with Crippen LogP contribution in [-0.4, -0.2) is 11.1 Å². The molecule has 0 bridgehead atoms. The van der Waals surface area contributed by atoms with E-state index in [0.717, 1.165) is 0 Å². The second kappa shape index (κ2) is 4.11. The Morgan fingerprint density at radius 3 is 2.50 bits per heavy atom. The summed E-state index contributed by atoms with van der Waals surface area (Å²) in [6.07, 6.45) is 3.22. The van der Waals surface area contributed by atoms with Crippen LogP contribution in [0.1, 0.15) is 0 Å². The van der Waals surface area contributed by atoms with Gasteiger partial charge in [0.25, 0.3) is 0 Å². The maximum atomic E-state index is 10.2. The fraction of sp³-hybridized carbons (Fsp3) is 0. The number of carboxylic acids is 1. The minimum absolute atomic E-state index is 0. The molecule has 0 saturated heterocycles. The molecular formula is C5H4O2S2Zn. The molecule has 0 saturated carbocycles. The van der Waals surface area contributed by atoms with E-state index in [4.69, 9.17) is 16.3 Å². The zero-order valence-corrected chi connectivity index (χ0v) is 9.71. The van der Waals surface area contributed by atoms with Crippen molar-refractivity contribution in [1.82, 2.24) is 0 Å². The molecule has 2 nitrogen and oxygen atoms in total. The summed E-state index contributed by atoms with van der Waals surface area (Å²) in [5.74, 6) is -0.904. The van der Waals surface area contributed by atoms with E-state index in [9.17, 15) is 4.79 Å². The number of rotatable bonds is 1. The summed E-state index contributed by atoms with van der Waals surface area (Å²) >= 11 is 4.79. The zero-order valence-electron chi connectivity index (χ0n) is 5.11. The van der Waals surface area contributed by atoms with E-state index in [1.807, 2.05) is 0 Å². The molecule has 0 amide bonds. The quantitative estimate of drug-likeness (QED) is 0.663. The molecular weight excluding hydrogens is 222 g/mol. The summed E-state index contributed by atoms with van der Waals surface area (Å²) in [5.41, 5.74) is 0. The molecule has 10 heavy (non-hydrogen) atoms. The molecule has 1 rings (SSSR count). The van der Waals surface area contributed by atoms with Crippen LogP contribution >= 0.6 is 0 Å². The Labute approximate surface area is 78.4 Å². The van der Waals surface area contributed by atoms with Crippen LogP contribution in [-0.2, 0) is 44.9 Å². The van der Waals surface area contributed by atoms with Gasteiger partial charge in [-0.15, -0.1) is 0 Å². The summed E-state index contributed by atoms with van der Waals surface area (Å²) in [6.45, 7) is 0. The number of hydrogen-bond donors (Lipinski definition) is 1. The molecule has 1 N–H and O–H groups in total. The normalized spacial score (nSPS) is 21.6. The molecule has 0 aliphatic carbocycles. The van der Waals surface area contributed by atoms with Gasteiger partial charge in [0, 0.05) is 19.5 Å². The van der Waals surface area contributed by atoms with Crippen LogP contribution in [0.15, 0.2) is 22.5 Å². The summed E-state index contributed by atoms with van der Waals surface area (Å²) < 4.78 is 0. The Kier molecular flexibility index (Phi) is 4.17. The average Bonchev–Trinajstić information content (AvgIpc) is 2.13. The molecule has 0 aromatic carbocycles. The monoisotopic (exact) mass is 224 g/mol. The molecule has 1 aliphatic heterocycles. The van der Waals surface area contributed by atoms with Gasteiger partial charge in [-0.05, 0) is 22.7 Å². The summed E-state index contributed by atoms with van der Waals surface area (Å²) in [5, 5.41) is 10.1. The van der Waals surface area contributed by atoms with Gasteiger partial charge in [-0.25, -0.2) is 4.79 Å². The van der Waals surface area contributed by atoms with Crippen LogP contribution in [0.5, 0.6) is 0 Å². The molecule has 5 heteroatoms. The first kappa shape index (κ1) is 10.1. The first-order valence-corrected chi connectivity index (χ1v) is 4.45. The van der Waals surface area contributed by atoms with Gasteiger partial charge in [0.15, 0.2) is 0 Å². The summed E-state index contributed by atoms with van der Waals surface area (Å²) in [4.78, 5) is 10.6. The second-order valence-electron chi connectivity index (χ2n) is 1.46. The SMILES string of the molecule is O=C(O)C1=CC=CS1=S.[Zn]. The van der Waals surface area contributed by atoms with Crippen molar-refractivity contribution in [2.45, 2.75) is 0 Å². The third-order valence-corrected chi connectivity index (χ3v) is 2.90. The number of hydrogen-bond acceptors (Lipinski definition) is 2. The van der Waals surface area contributed by atoms with Crippen molar-refractivity contribution in [3.8, 4) is 0 Å². The van der Waals surface area contributed by atoms with Gasteiger partial charge in [-0.1, -0.05) is 15.5 Å². The molecule has 0 aromatic heterocycles. The van der Waals surface area contributed by atoms with E-state index in [1.54, 1.807) is 17.6 Å². The molecule has 0 aromatic rings. The van der Waals surface area contributed by atoms with Crippen molar-refractivity contribution >= 4 is 26.6 Å². The number of carboxylic acid groups (broad SMARTS) is 1. The van der Waals surface area contributed by atoms with Gasteiger partial charge in [0.1, 0.15) is 4.91 Å². The fourth-order valence-corrected chi connectivity index (χ4v) is 1.82. The van der Waals surface area contributed by atoms with Crippen LogP contribution < -0.4 is 0 Å². The van der Waals surface area contributed by atoms with E-state index < -0.39 is 15.4 Å². The standard InChI is InChI=1S/C5H4O2S2.Zn/c6-5(7)4-2-1-3-9(4)8;/h1-3H,(H,6,7);.